The molecule has 0 aromatic heterocycles. The normalized spacial score (nSPS) is 16.6. The van der Waals surface area contributed by atoms with Gasteiger partial charge in [0.25, 0.3) is 0 Å². The number of fused-ring (bicyclic) bond motifs is 1. The predicted molar refractivity (Wildman–Crippen MR) is 79.2 cm³/mol. The van der Waals surface area contributed by atoms with Crippen LogP contribution in [0.5, 0.6) is 0 Å². The van der Waals surface area contributed by atoms with Gasteiger partial charge in [0.1, 0.15) is 11.4 Å². The van der Waals surface area contributed by atoms with Gasteiger partial charge in [-0.15, -0.1) is 0 Å². The molecule has 0 saturated carbocycles. The minimum Gasteiger partial charge on any atom is -0.371 e. The van der Waals surface area contributed by atoms with Crippen LogP contribution in [0.2, 0.25) is 0 Å². The zero-order valence-corrected chi connectivity index (χ0v) is 12.2. The van der Waals surface area contributed by atoms with Gasteiger partial charge in [-0.25, -0.2) is 4.39 Å². The number of nitrogens with one attached hydrogen (secondary N) is 1. The fraction of sp³-hybridized carbons (Fsp3) is 0.562. The number of rotatable bonds is 6. The smallest absolute Gasteiger partial charge is 0.125 e. The highest BCUT2D eigenvalue weighted by molar-refractivity contribution is 5.58. The predicted octanol–water partition coefficient (Wildman–Crippen LogP) is 2.86. The Morgan fingerprint density at radius 1 is 1.50 bits per heavy atom. The van der Waals surface area contributed by atoms with Crippen molar-refractivity contribution >= 4 is 5.69 Å². The lowest BCUT2D eigenvalue weighted by Crippen LogP contribution is -2.41. The standard InChI is InChI=1S/C16H22FN3/c1-3-16(12-18,19-2)8-4-9-20-10-7-13-5-6-14(17)11-15(13)20/h5-6,11,19H,3-4,7-10H2,1-2H3. The molecule has 1 aromatic rings. The summed E-state index contributed by atoms with van der Waals surface area (Å²) in [6.07, 6.45) is 3.53. The van der Waals surface area contributed by atoms with Crippen LogP contribution in [-0.4, -0.2) is 25.7 Å². The third kappa shape index (κ3) is 2.94. The average Bonchev–Trinajstić information content (AvgIpc) is 2.87. The summed E-state index contributed by atoms with van der Waals surface area (Å²) in [6, 6.07) is 7.41. The van der Waals surface area contributed by atoms with Gasteiger partial charge in [-0.1, -0.05) is 13.0 Å². The molecule has 20 heavy (non-hydrogen) atoms. The number of anilines is 1. The van der Waals surface area contributed by atoms with Crippen molar-refractivity contribution in [1.29, 1.82) is 5.26 Å². The van der Waals surface area contributed by atoms with Gasteiger partial charge >= 0.3 is 0 Å². The molecule has 0 bridgehead atoms. The number of nitriles is 1. The van der Waals surface area contributed by atoms with Crippen molar-refractivity contribution in [2.75, 3.05) is 25.0 Å². The Labute approximate surface area is 120 Å². The monoisotopic (exact) mass is 275 g/mol. The van der Waals surface area contributed by atoms with E-state index in [1.165, 1.54) is 11.6 Å². The van der Waals surface area contributed by atoms with Crippen molar-refractivity contribution in [3.8, 4) is 6.07 Å². The van der Waals surface area contributed by atoms with Crippen LogP contribution in [0, 0.1) is 17.1 Å². The van der Waals surface area contributed by atoms with Crippen molar-refractivity contribution in [1.82, 2.24) is 5.32 Å². The van der Waals surface area contributed by atoms with E-state index in [9.17, 15) is 9.65 Å². The molecule has 1 heterocycles. The third-order valence-electron chi connectivity index (χ3n) is 4.37. The molecule has 1 atom stereocenters. The first kappa shape index (κ1) is 14.8. The van der Waals surface area contributed by atoms with Crippen LogP contribution in [-0.2, 0) is 6.42 Å². The maximum Gasteiger partial charge on any atom is 0.125 e. The first-order valence-electron chi connectivity index (χ1n) is 7.27. The van der Waals surface area contributed by atoms with E-state index in [0.29, 0.717) is 0 Å². The number of halogens is 1. The zero-order valence-electron chi connectivity index (χ0n) is 12.2. The van der Waals surface area contributed by atoms with E-state index >= 15 is 0 Å². The van der Waals surface area contributed by atoms with Crippen LogP contribution in [0.3, 0.4) is 0 Å². The fourth-order valence-electron chi connectivity index (χ4n) is 2.89. The molecule has 1 unspecified atom stereocenters. The summed E-state index contributed by atoms with van der Waals surface area (Å²) in [7, 11) is 1.84. The van der Waals surface area contributed by atoms with E-state index in [0.717, 1.165) is 44.5 Å². The molecule has 0 fully saturated rings. The Morgan fingerprint density at radius 2 is 2.30 bits per heavy atom. The lowest BCUT2D eigenvalue weighted by atomic mass is 9.92. The summed E-state index contributed by atoms with van der Waals surface area (Å²) >= 11 is 0. The van der Waals surface area contributed by atoms with E-state index in [2.05, 4.69) is 16.3 Å². The van der Waals surface area contributed by atoms with Crippen LogP contribution in [0.25, 0.3) is 0 Å². The molecule has 1 aromatic carbocycles. The second kappa shape index (κ2) is 6.23. The molecule has 0 aliphatic carbocycles. The molecular weight excluding hydrogens is 253 g/mol. The summed E-state index contributed by atoms with van der Waals surface area (Å²) in [5.41, 5.74) is 1.82. The molecule has 4 heteroatoms. The number of nitrogens with zero attached hydrogens (tertiary/aromatic N) is 2. The van der Waals surface area contributed by atoms with Crippen LogP contribution in [0.4, 0.5) is 10.1 Å². The van der Waals surface area contributed by atoms with E-state index < -0.39 is 5.54 Å². The van der Waals surface area contributed by atoms with E-state index in [1.54, 1.807) is 6.07 Å². The summed E-state index contributed by atoms with van der Waals surface area (Å²) in [5, 5.41) is 12.4. The van der Waals surface area contributed by atoms with Crippen LogP contribution in [0.15, 0.2) is 18.2 Å². The Kier molecular flexibility index (Phi) is 4.61. The maximum atomic E-state index is 13.3. The van der Waals surface area contributed by atoms with Crippen LogP contribution >= 0.6 is 0 Å². The Morgan fingerprint density at radius 3 is 2.95 bits per heavy atom. The molecule has 1 aliphatic rings. The minimum absolute atomic E-state index is 0.175. The summed E-state index contributed by atoms with van der Waals surface area (Å²) in [5.74, 6) is -0.175. The molecule has 1 aliphatic heterocycles. The Balaban J connectivity index is 1.94. The molecule has 108 valence electrons. The van der Waals surface area contributed by atoms with Crippen molar-refractivity contribution in [2.24, 2.45) is 0 Å². The highest BCUT2D eigenvalue weighted by Gasteiger charge is 2.26. The van der Waals surface area contributed by atoms with Gasteiger partial charge in [0.2, 0.25) is 0 Å². The zero-order chi connectivity index (χ0) is 14.6. The molecule has 1 N–H and O–H groups in total. The van der Waals surface area contributed by atoms with Gasteiger partial charge in [-0.2, -0.15) is 5.26 Å². The first-order chi connectivity index (χ1) is 9.64. The summed E-state index contributed by atoms with van der Waals surface area (Å²) in [4.78, 5) is 2.23. The number of benzene rings is 1. The second-order valence-electron chi connectivity index (χ2n) is 5.41. The largest absolute Gasteiger partial charge is 0.371 e. The van der Waals surface area contributed by atoms with Crippen molar-refractivity contribution in [3.63, 3.8) is 0 Å². The summed E-state index contributed by atoms with van der Waals surface area (Å²) < 4.78 is 13.3. The molecular formula is C16H22FN3. The van der Waals surface area contributed by atoms with Crippen molar-refractivity contribution < 1.29 is 4.39 Å². The average molecular weight is 275 g/mol. The molecule has 2 rings (SSSR count). The Bertz CT molecular complexity index is 503. The molecule has 0 saturated heterocycles. The quantitative estimate of drug-likeness (QED) is 0.867. The highest BCUT2D eigenvalue weighted by Crippen LogP contribution is 2.29. The molecule has 0 spiro atoms. The highest BCUT2D eigenvalue weighted by atomic mass is 19.1. The second-order valence-corrected chi connectivity index (χ2v) is 5.41. The molecule has 0 radical (unpaired) electrons. The van der Waals surface area contributed by atoms with Crippen LogP contribution in [0.1, 0.15) is 31.7 Å². The van der Waals surface area contributed by atoms with Crippen LogP contribution < -0.4 is 10.2 Å². The van der Waals surface area contributed by atoms with Gasteiger partial charge in [-0.3, -0.25) is 0 Å². The third-order valence-corrected chi connectivity index (χ3v) is 4.37. The summed E-state index contributed by atoms with van der Waals surface area (Å²) in [6.45, 7) is 3.85. The van der Waals surface area contributed by atoms with Gasteiger partial charge in [-0.05, 0) is 50.4 Å². The van der Waals surface area contributed by atoms with E-state index in [1.807, 2.05) is 20.0 Å². The van der Waals surface area contributed by atoms with Gasteiger partial charge < -0.3 is 10.2 Å². The first-order valence-corrected chi connectivity index (χ1v) is 7.27. The maximum absolute atomic E-state index is 13.3. The molecule has 0 amide bonds. The number of hydrogen-bond donors (Lipinski definition) is 1. The topological polar surface area (TPSA) is 39.1 Å². The van der Waals surface area contributed by atoms with Crippen molar-refractivity contribution in [2.45, 2.75) is 38.1 Å². The van der Waals surface area contributed by atoms with Gasteiger partial charge in [0.05, 0.1) is 6.07 Å². The van der Waals surface area contributed by atoms with E-state index in [-0.39, 0.29) is 5.82 Å². The van der Waals surface area contributed by atoms with Gasteiger partial charge in [0.15, 0.2) is 0 Å². The van der Waals surface area contributed by atoms with E-state index in [4.69, 9.17) is 0 Å². The van der Waals surface area contributed by atoms with Crippen molar-refractivity contribution in [3.05, 3.63) is 29.6 Å². The molecule has 3 nitrogen and oxygen atoms in total. The van der Waals surface area contributed by atoms with Gasteiger partial charge in [0, 0.05) is 18.8 Å². The fourth-order valence-corrected chi connectivity index (χ4v) is 2.89. The lowest BCUT2D eigenvalue weighted by Gasteiger charge is -2.26. The Hall–Kier alpha value is -1.60. The lowest BCUT2D eigenvalue weighted by molar-refractivity contribution is 0.393. The number of hydrogen-bond acceptors (Lipinski definition) is 3. The minimum atomic E-state index is -0.426. The SMILES string of the molecule is CCC(C#N)(CCCN1CCc2ccc(F)cc21)NC.